The quantitative estimate of drug-likeness (QED) is 0.866. The zero-order valence-electron chi connectivity index (χ0n) is 13.2. The second-order valence-corrected chi connectivity index (χ2v) is 6.47. The average Bonchev–Trinajstić information content (AvgIpc) is 3.24. The van der Waals surface area contributed by atoms with Gasteiger partial charge in [-0.2, -0.15) is 0 Å². The van der Waals surface area contributed by atoms with Crippen LogP contribution in [0.2, 0.25) is 0 Å². The number of carbonyl (C=O) groups is 1. The predicted octanol–water partition coefficient (Wildman–Crippen LogP) is 4.12. The summed E-state index contributed by atoms with van der Waals surface area (Å²) in [6.07, 6.45) is 3.20. The molecule has 0 spiro atoms. The highest BCUT2D eigenvalue weighted by molar-refractivity contribution is 7.12. The third kappa shape index (κ3) is 4.12. The van der Waals surface area contributed by atoms with Gasteiger partial charge in [-0.25, -0.2) is 0 Å². The molecule has 1 aliphatic heterocycles. The van der Waals surface area contributed by atoms with E-state index in [0.29, 0.717) is 6.61 Å². The lowest BCUT2D eigenvalue weighted by Gasteiger charge is -2.12. The Hall–Kier alpha value is -1.85. The van der Waals surface area contributed by atoms with Crippen LogP contribution in [0.4, 0.5) is 5.69 Å². The molecule has 2 aromatic rings. The van der Waals surface area contributed by atoms with E-state index in [1.807, 2.05) is 35.7 Å². The van der Waals surface area contributed by atoms with Crippen molar-refractivity contribution in [2.45, 2.75) is 32.3 Å². The Labute approximate surface area is 140 Å². The summed E-state index contributed by atoms with van der Waals surface area (Å²) in [5.41, 5.74) is 1.83. The fourth-order valence-electron chi connectivity index (χ4n) is 2.63. The summed E-state index contributed by atoms with van der Waals surface area (Å²) >= 11 is 1.47. The van der Waals surface area contributed by atoms with Crippen molar-refractivity contribution in [2.75, 3.05) is 18.5 Å². The van der Waals surface area contributed by atoms with Crippen LogP contribution in [-0.2, 0) is 11.2 Å². The van der Waals surface area contributed by atoms with Crippen LogP contribution in [0, 0.1) is 0 Å². The van der Waals surface area contributed by atoms with Gasteiger partial charge in [-0.1, -0.05) is 13.0 Å². The van der Waals surface area contributed by atoms with Gasteiger partial charge < -0.3 is 14.8 Å². The molecule has 0 saturated carbocycles. The fraction of sp³-hybridized carbons (Fsp3) is 0.389. The number of aryl methyl sites for hydroxylation is 1. The first-order chi connectivity index (χ1) is 11.3. The Morgan fingerprint density at radius 1 is 1.43 bits per heavy atom. The Balaban J connectivity index is 1.61. The van der Waals surface area contributed by atoms with E-state index in [4.69, 9.17) is 9.47 Å². The first-order valence-electron chi connectivity index (χ1n) is 7.98. The van der Waals surface area contributed by atoms with E-state index >= 15 is 0 Å². The maximum Gasteiger partial charge on any atom is 0.266 e. The number of ether oxygens (including phenoxy) is 2. The third-order valence-corrected chi connectivity index (χ3v) is 4.84. The standard InChI is InChI=1S/C18H21NO3S/c1-2-13-8-10-23-17(13)18(20)19-14-5-3-6-15(11-14)22-12-16-7-4-9-21-16/h3,5-6,8,10-11,16H,2,4,7,9,12H2,1H3,(H,19,20). The van der Waals surface area contributed by atoms with E-state index in [9.17, 15) is 4.79 Å². The van der Waals surface area contributed by atoms with Crippen molar-refractivity contribution in [1.29, 1.82) is 0 Å². The summed E-state index contributed by atoms with van der Waals surface area (Å²) in [7, 11) is 0. The minimum atomic E-state index is -0.0619. The molecule has 0 radical (unpaired) electrons. The van der Waals surface area contributed by atoms with Crippen molar-refractivity contribution in [3.63, 3.8) is 0 Å². The molecule has 122 valence electrons. The fourth-order valence-corrected chi connectivity index (χ4v) is 3.52. The van der Waals surface area contributed by atoms with Crippen LogP contribution >= 0.6 is 11.3 Å². The van der Waals surface area contributed by atoms with Crippen LogP contribution < -0.4 is 10.1 Å². The molecule has 1 saturated heterocycles. The second kappa shape index (κ2) is 7.62. The number of hydrogen-bond donors (Lipinski definition) is 1. The highest BCUT2D eigenvalue weighted by Gasteiger charge is 2.16. The van der Waals surface area contributed by atoms with Crippen molar-refractivity contribution >= 4 is 22.9 Å². The Morgan fingerprint density at radius 2 is 2.35 bits per heavy atom. The van der Waals surface area contributed by atoms with Crippen molar-refractivity contribution < 1.29 is 14.3 Å². The second-order valence-electron chi connectivity index (χ2n) is 5.56. The minimum absolute atomic E-state index is 0.0619. The van der Waals surface area contributed by atoms with Gasteiger partial charge in [0.2, 0.25) is 0 Å². The van der Waals surface area contributed by atoms with Crippen LogP contribution in [-0.4, -0.2) is 25.2 Å². The van der Waals surface area contributed by atoms with E-state index in [2.05, 4.69) is 12.2 Å². The maximum atomic E-state index is 12.4. The topological polar surface area (TPSA) is 47.6 Å². The SMILES string of the molecule is CCc1ccsc1C(=O)Nc1cccc(OCC2CCCO2)c1. The highest BCUT2D eigenvalue weighted by atomic mass is 32.1. The minimum Gasteiger partial charge on any atom is -0.491 e. The van der Waals surface area contributed by atoms with Gasteiger partial charge in [0.15, 0.2) is 0 Å². The first-order valence-corrected chi connectivity index (χ1v) is 8.86. The largest absolute Gasteiger partial charge is 0.491 e. The molecule has 1 aromatic carbocycles. The molecule has 1 aromatic heterocycles. The molecule has 3 rings (SSSR count). The number of thiophene rings is 1. The van der Waals surface area contributed by atoms with E-state index in [1.165, 1.54) is 11.3 Å². The molecule has 0 aliphatic carbocycles. The van der Waals surface area contributed by atoms with Gasteiger partial charge in [0.25, 0.3) is 5.91 Å². The van der Waals surface area contributed by atoms with Crippen LogP contribution in [0.5, 0.6) is 5.75 Å². The maximum absolute atomic E-state index is 12.4. The number of hydrogen-bond acceptors (Lipinski definition) is 4. The molecule has 1 fully saturated rings. The molecule has 1 N–H and O–H groups in total. The van der Waals surface area contributed by atoms with E-state index in [-0.39, 0.29) is 12.0 Å². The van der Waals surface area contributed by atoms with E-state index < -0.39 is 0 Å². The average molecular weight is 331 g/mol. The van der Waals surface area contributed by atoms with Crippen LogP contribution in [0.3, 0.4) is 0 Å². The molecule has 1 aliphatic rings. The van der Waals surface area contributed by atoms with Crippen LogP contribution in [0.25, 0.3) is 0 Å². The lowest BCUT2D eigenvalue weighted by atomic mass is 10.2. The van der Waals surface area contributed by atoms with Gasteiger partial charge in [-0.15, -0.1) is 11.3 Å². The third-order valence-electron chi connectivity index (χ3n) is 3.89. The Bertz CT molecular complexity index is 662. The summed E-state index contributed by atoms with van der Waals surface area (Å²) in [6, 6.07) is 9.51. The van der Waals surface area contributed by atoms with Crippen molar-refractivity contribution in [3.05, 3.63) is 46.2 Å². The Morgan fingerprint density at radius 3 is 3.13 bits per heavy atom. The normalized spacial score (nSPS) is 17.2. The lowest BCUT2D eigenvalue weighted by molar-refractivity contribution is 0.0680. The molecule has 23 heavy (non-hydrogen) atoms. The van der Waals surface area contributed by atoms with Gasteiger partial charge in [0, 0.05) is 18.4 Å². The van der Waals surface area contributed by atoms with Gasteiger partial charge in [0.1, 0.15) is 12.4 Å². The number of anilines is 1. The summed E-state index contributed by atoms with van der Waals surface area (Å²) in [6.45, 7) is 3.44. The lowest BCUT2D eigenvalue weighted by Crippen LogP contribution is -2.16. The van der Waals surface area contributed by atoms with E-state index in [1.54, 1.807) is 0 Å². The highest BCUT2D eigenvalue weighted by Crippen LogP contribution is 2.22. The van der Waals surface area contributed by atoms with Gasteiger partial charge >= 0.3 is 0 Å². The first kappa shape index (κ1) is 16.0. The van der Waals surface area contributed by atoms with E-state index in [0.717, 1.165) is 47.7 Å². The van der Waals surface area contributed by atoms with Crippen molar-refractivity contribution in [2.24, 2.45) is 0 Å². The molecule has 0 bridgehead atoms. The summed E-state index contributed by atoms with van der Waals surface area (Å²) in [5, 5.41) is 4.90. The van der Waals surface area contributed by atoms with Gasteiger partial charge in [-0.3, -0.25) is 4.79 Å². The summed E-state index contributed by atoms with van der Waals surface area (Å²) in [4.78, 5) is 13.1. The van der Waals surface area contributed by atoms with Crippen molar-refractivity contribution in [3.8, 4) is 5.75 Å². The molecule has 1 atom stereocenters. The van der Waals surface area contributed by atoms with Gasteiger partial charge in [0.05, 0.1) is 11.0 Å². The van der Waals surface area contributed by atoms with Crippen molar-refractivity contribution in [1.82, 2.24) is 0 Å². The molecular weight excluding hydrogens is 310 g/mol. The monoisotopic (exact) mass is 331 g/mol. The number of amides is 1. The molecule has 1 amide bonds. The zero-order chi connectivity index (χ0) is 16.1. The van der Waals surface area contributed by atoms with Gasteiger partial charge in [-0.05, 0) is 48.4 Å². The molecule has 4 nitrogen and oxygen atoms in total. The molecule has 5 heteroatoms. The number of nitrogens with one attached hydrogen (secondary N) is 1. The molecule has 2 heterocycles. The summed E-state index contributed by atoms with van der Waals surface area (Å²) < 4.78 is 11.3. The Kier molecular flexibility index (Phi) is 5.31. The predicted molar refractivity (Wildman–Crippen MR) is 92.6 cm³/mol. The number of benzene rings is 1. The summed E-state index contributed by atoms with van der Waals surface area (Å²) in [5.74, 6) is 0.688. The molecular formula is C18H21NO3S. The zero-order valence-corrected chi connectivity index (χ0v) is 14.0. The smallest absolute Gasteiger partial charge is 0.266 e. The molecule has 1 unspecified atom stereocenters. The van der Waals surface area contributed by atoms with Crippen LogP contribution in [0.15, 0.2) is 35.7 Å². The number of carbonyl (C=O) groups excluding carboxylic acids is 1. The van der Waals surface area contributed by atoms with Crippen LogP contribution in [0.1, 0.15) is 35.0 Å². The number of rotatable bonds is 6.